The third kappa shape index (κ3) is 2.77. The van der Waals surface area contributed by atoms with Crippen LogP contribution in [0.25, 0.3) is 12.2 Å². The molecule has 0 atom stereocenters. The molecule has 0 N–H and O–H groups in total. The van der Waals surface area contributed by atoms with Gasteiger partial charge in [-0.3, -0.25) is 4.98 Å². The second kappa shape index (κ2) is 4.89. The minimum Gasteiger partial charge on any atom is -0.265 e. The third-order valence-electron chi connectivity index (χ3n) is 2.07. The highest BCUT2D eigenvalue weighted by Gasteiger charge is 1.92. The topological polar surface area (TPSA) is 12.9 Å². The van der Waals surface area contributed by atoms with Gasteiger partial charge in [0.2, 0.25) is 0 Å². The van der Waals surface area contributed by atoms with Gasteiger partial charge in [0.15, 0.2) is 0 Å². The Balaban J connectivity index is 2.23. The van der Waals surface area contributed by atoms with Crippen molar-refractivity contribution in [2.75, 3.05) is 0 Å². The summed E-state index contributed by atoms with van der Waals surface area (Å²) in [5, 5.41) is 0. The molecule has 0 saturated carbocycles. The van der Waals surface area contributed by atoms with Gasteiger partial charge in [-0.25, -0.2) is 0 Å². The van der Waals surface area contributed by atoms with Crippen LogP contribution in [0.1, 0.15) is 11.1 Å². The number of halogens is 1. The summed E-state index contributed by atoms with van der Waals surface area (Å²) in [6.07, 6.45) is 7.74. The molecule has 0 amide bonds. The summed E-state index contributed by atoms with van der Waals surface area (Å²) >= 11 is 3.51. The van der Waals surface area contributed by atoms with Crippen LogP contribution in [0.5, 0.6) is 0 Å². The molecule has 0 aliphatic rings. The van der Waals surface area contributed by atoms with Crippen molar-refractivity contribution in [2.24, 2.45) is 0 Å². The number of benzene rings is 1. The smallest absolute Gasteiger partial charge is 0.0273 e. The van der Waals surface area contributed by atoms with Crippen LogP contribution >= 0.6 is 15.9 Å². The lowest BCUT2D eigenvalue weighted by atomic mass is 10.1. The van der Waals surface area contributed by atoms with E-state index in [1.165, 1.54) is 5.56 Å². The zero-order valence-corrected chi connectivity index (χ0v) is 9.68. The summed E-state index contributed by atoms with van der Waals surface area (Å²) in [4.78, 5) is 3.97. The van der Waals surface area contributed by atoms with Crippen LogP contribution in [0.4, 0.5) is 0 Å². The second-order valence-corrected chi connectivity index (χ2v) is 3.99. The highest BCUT2D eigenvalue weighted by Crippen LogP contribution is 2.18. The van der Waals surface area contributed by atoms with Crippen molar-refractivity contribution in [3.63, 3.8) is 0 Å². The van der Waals surface area contributed by atoms with Gasteiger partial charge in [-0.2, -0.15) is 0 Å². The van der Waals surface area contributed by atoms with Gasteiger partial charge >= 0.3 is 0 Å². The molecule has 1 aromatic heterocycles. The lowest BCUT2D eigenvalue weighted by Crippen LogP contribution is -1.75. The van der Waals surface area contributed by atoms with E-state index in [1.807, 2.05) is 30.3 Å². The zero-order chi connectivity index (χ0) is 10.5. The van der Waals surface area contributed by atoms with Gasteiger partial charge in [-0.05, 0) is 29.3 Å². The number of rotatable bonds is 2. The summed E-state index contributed by atoms with van der Waals surface area (Å²) in [7, 11) is 0. The SMILES string of the molecule is Brc1ccccc1/C=C/c1ccncc1. The van der Waals surface area contributed by atoms with Gasteiger partial charge in [0.05, 0.1) is 0 Å². The Kier molecular flexibility index (Phi) is 3.30. The monoisotopic (exact) mass is 259 g/mol. The summed E-state index contributed by atoms with van der Waals surface area (Å²) < 4.78 is 1.11. The molecule has 0 fully saturated rings. The minimum absolute atomic E-state index is 1.11. The number of hydrogen-bond acceptors (Lipinski definition) is 1. The Morgan fingerprint density at radius 3 is 2.40 bits per heavy atom. The molecule has 2 heteroatoms. The van der Waals surface area contributed by atoms with E-state index < -0.39 is 0 Å². The fourth-order valence-electron chi connectivity index (χ4n) is 1.27. The van der Waals surface area contributed by atoms with Crippen molar-refractivity contribution in [1.82, 2.24) is 4.98 Å². The van der Waals surface area contributed by atoms with Crippen LogP contribution in [0.2, 0.25) is 0 Å². The Labute approximate surface area is 97.6 Å². The van der Waals surface area contributed by atoms with E-state index in [9.17, 15) is 0 Å². The molecular weight excluding hydrogens is 250 g/mol. The molecule has 15 heavy (non-hydrogen) atoms. The lowest BCUT2D eigenvalue weighted by Gasteiger charge is -1.96. The number of nitrogens with zero attached hydrogens (tertiary/aromatic N) is 1. The van der Waals surface area contributed by atoms with Gasteiger partial charge in [-0.15, -0.1) is 0 Å². The molecule has 0 aliphatic carbocycles. The normalized spacial score (nSPS) is 10.7. The minimum atomic E-state index is 1.11. The quantitative estimate of drug-likeness (QED) is 0.794. The Hall–Kier alpha value is -1.41. The zero-order valence-electron chi connectivity index (χ0n) is 8.10. The summed E-state index contributed by atoms with van der Waals surface area (Å²) in [5.74, 6) is 0. The number of pyridine rings is 1. The highest BCUT2D eigenvalue weighted by molar-refractivity contribution is 9.10. The molecule has 0 radical (unpaired) electrons. The van der Waals surface area contributed by atoms with Crippen LogP contribution in [0.15, 0.2) is 53.3 Å². The van der Waals surface area contributed by atoms with E-state index in [-0.39, 0.29) is 0 Å². The van der Waals surface area contributed by atoms with Crippen molar-refractivity contribution in [1.29, 1.82) is 0 Å². The van der Waals surface area contributed by atoms with Crippen LogP contribution in [-0.2, 0) is 0 Å². The first-order chi connectivity index (χ1) is 7.36. The molecular formula is C13H10BrN. The Bertz CT molecular complexity index is 463. The first kappa shape index (κ1) is 10.1. The fourth-order valence-corrected chi connectivity index (χ4v) is 1.69. The molecule has 0 saturated heterocycles. The van der Waals surface area contributed by atoms with Crippen LogP contribution in [0, 0.1) is 0 Å². The number of aromatic nitrogens is 1. The molecule has 2 rings (SSSR count). The molecule has 0 bridgehead atoms. The van der Waals surface area contributed by atoms with Crippen molar-refractivity contribution in [3.05, 3.63) is 64.4 Å². The van der Waals surface area contributed by atoms with E-state index in [4.69, 9.17) is 0 Å². The molecule has 74 valence electrons. The maximum absolute atomic E-state index is 3.97. The van der Waals surface area contributed by atoms with E-state index >= 15 is 0 Å². The Morgan fingerprint density at radius 2 is 1.67 bits per heavy atom. The van der Waals surface area contributed by atoms with E-state index in [0.717, 1.165) is 10.0 Å². The molecule has 1 nitrogen and oxygen atoms in total. The van der Waals surface area contributed by atoms with Crippen LogP contribution in [0.3, 0.4) is 0 Å². The standard InChI is InChI=1S/C13H10BrN/c14-13-4-2-1-3-12(13)6-5-11-7-9-15-10-8-11/h1-10H/b6-5+. The maximum atomic E-state index is 3.97. The summed E-state index contributed by atoms with van der Waals surface area (Å²) in [5.41, 5.74) is 2.33. The van der Waals surface area contributed by atoms with E-state index in [2.05, 4.69) is 39.1 Å². The van der Waals surface area contributed by atoms with E-state index in [0.29, 0.717) is 0 Å². The molecule has 0 aliphatic heterocycles. The molecule has 0 unspecified atom stereocenters. The van der Waals surface area contributed by atoms with Crippen molar-refractivity contribution < 1.29 is 0 Å². The van der Waals surface area contributed by atoms with Gasteiger partial charge in [-0.1, -0.05) is 46.3 Å². The van der Waals surface area contributed by atoms with Crippen molar-refractivity contribution >= 4 is 28.1 Å². The molecule has 1 heterocycles. The van der Waals surface area contributed by atoms with Gasteiger partial charge in [0, 0.05) is 16.9 Å². The first-order valence-electron chi connectivity index (χ1n) is 4.69. The van der Waals surface area contributed by atoms with Gasteiger partial charge in [0.25, 0.3) is 0 Å². The largest absolute Gasteiger partial charge is 0.265 e. The van der Waals surface area contributed by atoms with Gasteiger partial charge < -0.3 is 0 Å². The van der Waals surface area contributed by atoms with Crippen molar-refractivity contribution in [3.8, 4) is 0 Å². The predicted molar refractivity (Wildman–Crippen MR) is 67.3 cm³/mol. The summed E-state index contributed by atoms with van der Waals surface area (Å²) in [6.45, 7) is 0. The van der Waals surface area contributed by atoms with Crippen molar-refractivity contribution in [2.45, 2.75) is 0 Å². The summed E-state index contributed by atoms with van der Waals surface area (Å²) in [6, 6.07) is 12.1. The average molecular weight is 260 g/mol. The fraction of sp³-hybridized carbons (Fsp3) is 0. The molecule has 0 spiro atoms. The number of hydrogen-bond donors (Lipinski definition) is 0. The third-order valence-corrected chi connectivity index (χ3v) is 2.79. The second-order valence-electron chi connectivity index (χ2n) is 3.14. The Morgan fingerprint density at radius 1 is 0.933 bits per heavy atom. The maximum Gasteiger partial charge on any atom is 0.0273 e. The molecule has 2 aromatic rings. The lowest BCUT2D eigenvalue weighted by molar-refractivity contribution is 1.32. The van der Waals surface area contributed by atoms with Crippen LogP contribution in [-0.4, -0.2) is 4.98 Å². The highest BCUT2D eigenvalue weighted by atomic mass is 79.9. The average Bonchev–Trinajstić information content (AvgIpc) is 2.29. The van der Waals surface area contributed by atoms with E-state index in [1.54, 1.807) is 12.4 Å². The predicted octanol–water partition coefficient (Wildman–Crippen LogP) is 4.01. The molecule has 1 aromatic carbocycles. The van der Waals surface area contributed by atoms with Crippen LogP contribution < -0.4 is 0 Å². The van der Waals surface area contributed by atoms with Gasteiger partial charge in [0.1, 0.15) is 0 Å². The first-order valence-corrected chi connectivity index (χ1v) is 5.48.